The van der Waals surface area contributed by atoms with Gasteiger partial charge in [-0.15, -0.1) is 0 Å². The Hall–Kier alpha value is -0.560. The van der Waals surface area contributed by atoms with Crippen LogP contribution in [0.15, 0.2) is 23.8 Å². The highest BCUT2D eigenvalue weighted by Gasteiger charge is 2.12. The molecule has 0 heterocycles. The van der Waals surface area contributed by atoms with Crippen molar-refractivity contribution in [1.29, 1.82) is 0 Å². The maximum Gasteiger partial charge on any atom is 0.0499 e. The fourth-order valence-corrected chi connectivity index (χ4v) is 6.38. The van der Waals surface area contributed by atoms with Crippen molar-refractivity contribution >= 4 is 0 Å². The lowest BCUT2D eigenvalue weighted by molar-refractivity contribution is 0.244. The second-order valence-corrected chi connectivity index (χ2v) is 15.5. The van der Waals surface area contributed by atoms with Crippen molar-refractivity contribution in [2.45, 2.75) is 184 Å². The van der Waals surface area contributed by atoms with E-state index in [9.17, 15) is 5.11 Å². The quantitative estimate of drug-likeness (QED) is 0.0921. The van der Waals surface area contributed by atoms with Crippen LogP contribution in [-0.2, 0) is 0 Å². The molecule has 5 atom stereocenters. The minimum absolute atomic E-state index is 0.230. The molecule has 0 saturated heterocycles. The molecule has 1 nitrogen and oxygen atoms in total. The molecule has 0 bridgehead atoms. The summed E-state index contributed by atoms with van der Waals surface area (Å²) in [5.41, 5.74) is 2.75. The first-order chi connectivity index (χ1) is 19.4. The lowest BCUT2D eigenvalue weighted by Gasteiger charge is -2.18. The molecule has 0 aliphatic heterocycles. The van der Waals surface area contributed by atoms with E-state index in [-0.39, 0.29) is 12.5 Å². The third kappa shape index (κ3) is 25.6. The van der Waals surface area contributed by atoms with Crippen molar-refractivity contribution in [2.24, 2.45) is 41.4 Å². The van der Waals surface area contributed by atoms with Crippen LogP contribution in [0.1, 0.15) is 184 Å². The Labute approximate surface area is 260 Å². The van der Waals surface area contributed by atoms with Gasteiger partial charge in [0.25, 0.3) is 0 Å². The topological polar surface area (TPSA) is 20.2 Å². The van der Waals surface area contributed by atoms with Crippen LogP contribution >= 0.6 is 0 Å². The zero-order valence-corrected chi connectivity index (χ0v) is 29.9. The van der Waals surface area contributed by atoms with Crippen LogP contribution in [-0.4, -0.2) is 11.7 Å². The molecule has 0 radical (unpaired) electrons. The molecule has 0 amide bonds. The van der Waals surface area contributed by atoms with E-state index in [1.54, 1.807) is 0 Å². The average molecular weight is 575 g/mol. The average Bonchev–Trinajstić information content (AvgIpc) is 2.88. The third-order valence-electron chi connectivity index (χ3n) is 9.76. The Balaban J connectivity index is 4.04. The number of aliphatic hydroxyl groups excluding tert-OH is 1. The van der Waals surface area contributed by atoms with Crippen LogP contribution < -0.4 is 0 Å². The van der Waals surface area contributed by atoms with Gasteiger partial charge >= 0.3 is 0 Å². The maximum atomic E-state index is 10.0. The normalized spacial score (nSPS) is 16.2. The van der Waals surface area contributed by atoms with Crippen molar-refractivity contribution < 1.29 is 5.11 Å². The van der Waals surface area contributed by atoms with Gasteiger partial charge in [-0.2, -0.15) is 0 Å². The van der Waals surface area contributed by atoms with Crippen LogP contribution in [0.2, 0.25) is 0 Å². The monoisotopic (exact) mass is 575 g/mol. The van der Waals surface area contributed by atoms with E-state index in [0.29, 0.717) is 0 Å². The van der Waals surface area contributed by atoms with Gasteiger partial charge in [-0.1, -0.05) is 169 Å². The number of hydrogen-bond donors (Lipinski definition) is 1. The Morgan fingerprint density at radius 1 is 0.537 bits per heavy atom. The fraction of sp³-hybridized carbons (Fsp3) is 0.900. The second kappa shape index (κ2) is 25.9. The van der Waals surface area contributed by atoms with Gasteiger partial charge in [0.15, 0.2) is 0 Å². The van der Waals surface area contributed by atoms with Crippen LogP contribution in [0.3, 0.4) is 0 Å². The van der Waals surface area contributed by atoms with E-state index in [1.165, 1.54) is 120 Å². The van der Waals surface area contributed by atoms with Crippen LogP contribution in [0.25, 0.3) is 0 Å². The van der Waals surface area contributed by atoms with Gasteiger partial charge < -0.3 is 5.11 Å². The third-order valence-corrected chi connectivity index (χ3v) is 9.76. The standard InChI is InChI=1S/C40H78O/c1-32(2)17-11-19-34(5)21-13-23-36(7)25-15-26-38(9)29-30-40(31-41)39(10)28-16-27-37(8)24-14-22-35(6)20-12-18-33(3)4/h29,32-37,40-41H,10-28,30-31H2,1-9H3/b38-29-/t34-,35-,36-,37+,40-/m1/s1. The molecule has 0 spiro atoms. The first-order valence-corrected chi connectivity index (χ1v) is 18.4. The Morgan fingerprint density at radius 2 is 0.878 bits per heavy atom. The molecule has 0 aliphatic carbocycles. The van der Waals surface area contributed by atoms with Crippen LogP contribution in [0, 0.1) is 41.4 Å². The predicted molar refractivity (Wildman–Crippen MR) is 188 cm³/mol. The molecule has 1 N–H and O–H groups in total. The molecular formula is C40H78O. The Bertz CT molecular complexity index is 629. The summed E-state index contributed by atoms with van der Waals surface area (Å²) in [6.07, 6.45) is 27.5. The fourth-order valence-electron chi connectivity index (χ4n) is 6.38. The molecule has 0 saturated carbocycles. The lowest BCUT2D eigenvalue weighted by atomic mass is 9.89. The summed E-state index contributed by atoms with van der Waals surface area (Å²) in [5, 5.41) is 10.0. The van der Waals surface area contributed by atoms with Gasteiger partial charge in [0.2, 0.25) is 0 Å². The molecule has 0 aromatic rings. The van der Waals surface area contributed by atoms with E-state index in [1.807, 2.05) is 0 Å². The van der Waals surface area contributed by atoms with Crippen molar-refractivity contribution in [2.75, 3.05) is 6.61 Å². The van der Waals surface area contributed by atoms with Gasteiger partial charge in [0, 0.05) is 12.5 Å². The van der Waals surface area contributed by atoms with Crippen molar-refractivity contribution in [3.05, 3.63) is 23.8 Å². The van der Waals surface area contributed by atoms with E-state index < -0.39 is 0 Å². The van der Waals surface area contributed by atoms with Crippen LogP contribution in [0.4, 0.5) is 0 Å². The van der Waals surface area contributed by atoms with Crippen molar-refractivity contribution in [3.8, 4) is 0 Å². The first-order valence-electron chi connectivity index (χ1n) is 18.4. The van der Waals surface area contributed by atoms with E-state index >= 15 is 0 Å². The molecular weight excluding hydrogens is 496 g/mol. The molecule has 244 valence electrons. The maximum absolute atomic E-state index is 10.0. The molecule has 0 aromatic heterocycles. The van der Waals surface area contributed by atoms with E-state index in [0.717, 1.165) is 48.3 Å². The predicted octanol–water partition coefficient (Wildman–Crippen LogP) is 13.4. The van der Waals surface area contributed by atoms with E-state index in [2.05, 4.69) is 75.0 Å². The summed E-state index contributed by atoms with van der Waals surface area (Å²) in [6.45, 7) is 26.0. The zero-order valence-electron chi connectivity index (χ0n) is 29.9. The van der Waals surface area contributed by atoms with Gasteiger partial charge in [0.05, 0.1) is 0 Å². The molecule has 1 heteroatoms. The molecule has 41 heavy (non-hydrogen) atoms. The molecule has 0 rings (SSSR count). The summed E-state index contributed by atoms with van der Waals surface area (Å²) >= 11 is 0. The van der Waals surface area contributed by atoms with Gasteiger partial charge in [-0.3, -0.25) is 0 Å². The van der Waals surface area contributed by atoms with E-state index in [4.69, 9.17) is 0 Å². The minimum Gasteiger partial charge on any atom is -0.396 e. The first kappa shape index (κ1) is 40.4. The highest BCUT2D eigenvalue weighted by atomic mass is 16.3. The highest BCUT2D eigenvalue weighted by Crippen LogP contribution is 2.26. The summed E-state index contributed by atoms with van der Waals surface area (Å²) in [5.74, 6) is 5.36. The van der Waals surface area contributed by atoms with Crippen LogP contribution in [0.5, 0.6) is 0 Å². The van der Waals surface area contributed by atoms with Gasteiger partial charge in [0.1, 0.15) is 0 Å². The van der Waals surface area contributed by atoms with Gasteiger partial charge in [-0.25, -0.2) is 0 Å². The second-order valence-electron chi connectivity index (χ2n) is 15.5. The van der Waals surface area contributed by atoms with Crippen molar-refractivity contribution in [3.63, 3.8) is 0 Å². The van der Waals surface area contributed by atoms with Crippen molar-refractivity contribution in [1.82, 2.24) is 0 Å². The number of aliphatic hydroxyl groups is 1. The summed E-state index contributed by atoms with van der Waals surface area (Å²) in [7, 11) is 0. The largest absolute Gasteiger partial charge is 0.396 e. The molecule has 0 aliphatic rings. The molecule has 0 unspecified atom stereocenters. The lowest BCUT2D eigenvalue weighted by Crippen LogP contribution is -2.09. The smallest absolute Gasteiger partial charge is 0.0499 e. The minimum atomic E-state index is 0.230. The molecule has 0 fully saturated rings. The number of allylic oxidation sites excluding steroid dienone is 2. The SMILES string of the molecule is C=C(CCC[C@@H](C)CCC[C@H](C)CCCC(C)C)[C@@H](CO)C/C=C(/C)CCC[C@H](C)CCC[C@H](C)CCCC(C)C. The Kier molecular flexibility index (Phi) is 25.5. The van der Waals surface area contributed by atoms with Gasteiger partial charge in [-0.05, 0) is 74.5 Å². The summed E-state index contributed by atoms with van der Waals surface area (Å²) < 4.78 is 0. The zero-order chi connectivity index (χ0) is 31.0. The Morgan fingerprint density at radius 3 is 1.24 bits per heavy atom. The highest BCUT2D eigenvalue weighted by molar-refractivity contribution is 5.06. The summed E-state index contributed by atoms with van der Waals surface area (Å²) in [4.78, 5) is 0. The number of hydrogen-bond acceptors (Lipinski definition) is 1. The summed E-state index contributed by atoms with van der Waals surface area (Å²) in [6, 6.07) is 0. The number of rotatable bonds is 28. The molecule has 0 aromatic carbocycles.